The number of nitrogens with one attached hydrogen (secondary N) is 2. The van der Waals surface area contributed by atoms with Crippen LogP contribution in [-0.4, -0.2) is 16.9 Å². The molecule has 1 aliphatic heterocycles. The second-order valence-electron chi connectivity index (χ2n) is 3.36. The smallest absolute Gasteiger partial charge is 0.310 e. The highest BCUT2D eigenvalue weighted by atomic mass is 79.9. The van der Waals surface area contributed by atoms with Crippen LogP contribution in [0.4, 0.5) is 10.5 Å². The fraction of sp³-hybridized carbons (Fsp3) is 0.0909. The standard InChI is InChI=1S/C11H9BrN2O2S/c12-7-1-3-8(4-2-7)13-11(16)14-9-5-10(15)17-6-9/h1-5H,6H2,(H2,13,14,16). The summed E-state index contributed by atoms with van der Waals surface area (Å²) in [4.78, 5) is 22.5. The molecule has 2 rings (SSSR count). The van der Waals surface area contributed by atoms with Gasteiger partial charge in [0, 0.05) is 27.7 Å². The monoisotopic (exact) mass is 312 g/mol. The first-order valence-corrected chi connectivity index (χ1v) is 6.62. The number of anilines is 1. The lowest BCUT2D eigenvalue weighted by Crippen LogP contribution is -2.28. The van der Waals surface area contributed by atoms with Crippen molar-refractivity contribution in [3.63, 3.8) is 0 Å². The van der Waals surface area contributed by atoms with Crippen LogP contribution in [-0.2, 0) is 4.79 Å². The number of thioether (sulfide) groups is 1. The van der Waals surface area contributed by atoms with Crippen molar-refractivity contribution < 1.29 is 9.59 Å². The van der Waals surface area contributed by atoms with Crippen molar-refractivity contribution in [2.24, 2.45) is 0 Å². The third-order valence-electron chi connectivity index (χ3n) is 2.04. The molecule has 0 aromatic heterocycles. The Morgan fingerprint density at radius 2 is 1.94 bits per heavy atom. The molecule has 1 aromatic carbocycles. The predicted octanol–water partition coefficient (Wildman–Crippen LogP) is 2.73. The molecule has 88 valence electrons. The quantitative estimate of drug-likeness (QED) is 0.882. The Morgan fingerprint density at radius 1 is 1.24 bits per heavy atom. The lowest BCUT2D eigenvalue weighted by atomic mass is 10.3. The van der Waals surface area contributed by atoms with E-state index in [9.17, 15) is 9.59 Å². The van der Waals surface area contributed by atoms with E-state index in [0.717, 1.165) is 4.47 Å². The summed E-state index contributed by atoms with van der Waals surface area (Å²) < 4.78 is 0.948. The third kappa shape index (κ3) is 3.61. The zero-order chi connectivity index (χ0) is 12.3. The van der Waals surface area contributed by atoms with Gasteiger partial charge < -0.3 is 10.6 Å². The number of hydrogen-bond acceptors (Lipinski definition) is 3. The number of urea groups is 1. The molecule has 2 amide bonds. The van der Waals surface area contributed by atoms with E-state index >= 15 is 0 Å². The van der Waals surface area contributed by atoms with Gasteiger partial charge in [0.1, 0.15) is 0 Å². The fourth-order valence-corrected chi connectivity index (χ4v) is 2.23. The van der Waals surface area contributed by atoms with E-state index in [0.29, 0.717) is 17.1 Å². The van der Waals surface area contributed by atoms with Gasteiger partial charge in [-0.25, -0.2) is 4.79 Å². The van der Waals surface area contributed by atoms with E-state index in [2.05, 4.69) is 26.6 Å². The van der Waals surface area contributed by atoms with Gasteiger partial charge in [-0.1, -0.05) is 27.7 Å². The van der Waals surface area contributed by atoms with E-state index in [1.54, 1.807) is 12.1 Å². The molecule has 0 spiro atoms. The Balaban J connectivity index is 1.91. The maximum Gasteiger partial charge on any atom is 0.323 e. The lowest BCUT2D eigenvalue weighted by molar-refractivity contribution is -0.106. The van der Waals surface area contributed by atoms with Gasteiger partial charge in [0.25, 0.3) is 0 Å². The second-order valence-corrected chi connectivity index (χ2v) is 5.26. The Hall–Kier alpha value is -1.27. The molecule has 0 bridgehead atoms. The number of carbonyl (C=O) groups is 2. The van der Waals surface area contributed by atoms with Crippen LogP contribution in [0.15, 0.2) is 40.5 Å². The first kappa shape index (κ1) is 12.2. The average Bonchev–Trinajstić information content (AvgIpc) is 2.67. The van der Waals surface area contributed by atoms with Crippen LogP contribution in [0.25, 0.3) is 0 Å². The van der Waals surface area contributed by atoms with E-state index in [4.69, 9.17) is 0 Å². The minimum absolute atomic E-state index is 0.0241. The van der Waals surface area contributed by atoms with Crippen molar-refractivity contribution in [2.45, 2.75) is 0 Å². The predicted molar refractivity (Wildman–Crippen MR) is 71.8 cm³/mol. The van der Waals surface area contributed by atoms with E-state index in [1.807, 2.05) is 12.1 Å². The highest BCUT2D eigenvalue weighted by molar-refractivity contribution is 9.10. The number of halogens is 1. The summed E-state index contributed by atoms with van der Waals surface area (Å²) in [7, 11) is 0. The molecule has 6 heteroatoms. The highest BCUT2D eigenvalue weighted by Crippen LogP contribution is 2.17. The van der Waals surface area contributed by atoms with Crippen LogP contribution < -0.4 is 10.6 Å². The molecule has 1 heterocycles. The molecule has 0 saturated carbocycles. The van der Waals surface area contributed by atoms with E-state index < -0.39 is 0 Å². The SMILES string of the molecule is O=C(NC1=CC(=O)SC1)Nc1ccc(Br)cc1. The maximum absolute atomic E-state index is 11.6. The van der Waals surface area contributed by atoms with E-state index in [1.165, 1.54) is 17.8 Å². The van der Waals surface area contributed by atoms with Gasteiger partial charge >= 0.3 is 6.03 Å². The summed E-state index contributed by atoms with van der Waals surface area (Å²) in [5.74, 6) is 0.520. The molecule has 0 saturated heterocycles. The zero-order valence-electron chi connectivity index (χ0n) is 8.70. The number of amides is 2. The summed E-state index contributed by atoms with van der Waals surface area (Å²) in [5, 5.41) is 5.28. The van der Waals surface area contributed by atoms with Crippen LogP contribution >= 0.6 is 27.7 Å². The maximum atomic E-state index is 11.6. The van der Waals surface area contributed by atoms with Gasteiger partial charge in [0.15, 0.2) is 0 Å². The van der Waals surface area contributed by atoms with Gasteiger partial charge in [-0.15, -0.1) is 0 Å². The van der Waals surface area contributed by atoms with Gasteiger partial charge in [0.2, 0.25) is 5.12 Å². The van der Waals surface area contributed by atoms with Crippen LogP contribution in [0.2, 0.25) is 0 Å². The zero-order valence-corrected chi connectivity index (χ0v) is 11.1. The van der Waals surface area contributed by atoms with Crippen molar-refractivity contribution in [3.05, 3.63) is 40.5 Å². The van der Waals surface area contributed by atoms with Crippen LogP contribution in [0.5, 0.6) is 0 Å². The van der Waals surface area contributed by atoms with Gasteiger partial charge in [-0.2, -0.15) is 0 Å². The van der Waals surface area contributed by atoms with Gasteiger partial charge in [0.05, 0.1) is 0 Å². The molecule has 1 aromatic rings. The fourth-order valence-electron chi connectivity index (χ4n) is 1.29. The van der Waals surface area contributed by atoms with Gasteiger partial charge in [-0.3, -0.25) is 4.79 Å². The minimum Gasteiger partial charge on any atom is -0.310 e. The molecule has 0 radical (unpaired) electrons. The molecular formula is C11H9BrN2O2S. The molecule has 0 unspecified atom stereocenters. The van der Waals surface area contributed by atoms with Crippen molar-refractivity contribution in [3.8, 4) is 0 Å². The van der Waals surface area contributed by atoms with Crippen LogP contribution in [0.1, 0.15) is 0 Å². The van der Waals surface area contributed by atoms with Crippen molar-refractivity contribution in [2.75, 3.05) is 11.1 Å². The minimum atomic E-state index is -0.339. The first-order valence-electron chi connectivity index (χ1n) is 4.84. The normalized spacial score (nSPS) is 14.4. The van der Waals surface area contributed by atoms with Crippen molar-refractivity contribution in [1.29, 1.82) is 0 Å². The Morgan fingerprint density at radius 3 is 2.53 bits per heavy atom. The van der Waals surface area contributed by atoms with Gasteiger partial charge in [-0.05, 0) is 24.3 Å². The average molecular weight is 313 g/mol. The molecule has 1 aliphatic rings. The Bertz CT molecular complexity index is 485. The molecule has 2 N–H and O–H groups in total. The Labute approximate surface area is 111 Å². The highest BCUT2D eigenvalue weighted by Gasteiger charge is 2.14. The van der Waals surface area contributed by atoms with Crippen molar-refractivity contribution >= 4 is 44.5 Å². The largest absolute Gasteiger partial charge is 0.323 e. The Kier molecular flexibility index (Phi) is 3.86. The van der Waals surface area contributed by atoms with Crippen LogP contribution in [0, 0.1) is 0 Å². The molecule has 0 atom stereocenters. The second kappa shape index (κ2) is 5.37. The molecular weight excluding hydrogens is 304 g/mol. The summed E-state index contributed by atoms with van der Waals surface area (Å²) >= 11 is 4.49. The molecule has 17 heavy (non-hydrogen) atoms. The molecule has 0 fully saturated rings. The van der Waals surface area contributed by atoms with E-state index in [-0.39, 0.29) is 11.1 Å². The lowest BCUT2D eigenvalue weighted by Gasteiger charge is -2.07. The topological polar surface area (TPSA) is 58.2 Å². The molecule has 4 nitrogen and oxygen atoms in total. The molecule has 0 aliphatic carbocycles. The summed E-state index contributed by atoms with van der Waals surface area (Å²) in [6, 6.07) is 6.90. The number of hydrogen-bond donors (Lipinski definition) is 2. The van der Waals surface area contributed by atoms with Crippen molar-refractivity contribution in [1.82, 2.24) is 5.32 Å². The number of carbonyl (C=O) groups excluding carboxylic acids is 2. The van der Waals surface area contributed by atoms with Crippen LogP contribution in [0.3, 0.4) is 0 Å². The summed E-state index contributed by atoms with van der Waals surface area (Å²) in [5.41, 5.74) is 1.33. The third-order valence-corrected chi connectivity index (χ3v) is 3.42. The summed E-state index contributed by atoms with van der Waals surface area (Å²) in [6.45, 7) is 0. The number of rotatable bonds is 2. The number of benzene rings is 1. The first-order chi connectivity index (χ1) is 8.13. The summed E-state index contributed by atoms with van der Waals surface area (Å²) in [6.07, 6.45) is 1.44.